The minimum Gasteiger partial charge on any atom is -0.466 e. The van der Waals surface area contributed by atoms with Gasteiger partial charge in [-0.1, -0.05) is 72.8 Å². The van der Waals surface area contributed by atoms with E-state index >= 15 is 0 Å². The maximum Gasteiger partial charge on any atom is 0.407 e. The summed E-state index contributed by atoms with van der Waals surface area (Å²) >= 11 is 0. The highest BCUT2D eigenvalue weighted by Crippen LogP contribution is 2.41. The van der Waals surface area contributed by atoms with Crippen molar-refractivity contribution < 1.29 is 38.3 Å². The van der Waals surface area contributed by atoms with E-state index in [1.54, 1.807) is 26.0 Å². The fourth-order valence-electron chi connectivity index (χ4n) is 7.23. The molecule has 6 rings (SSSR count). The number of hydrogen-bond donors (Lipinski definition) is 5. The Morgan fingerprint density at radius 3 is 1.69 bits per heavy atom. The number of rotatable bonds is 22. The molecule has 4 aromatic rings. The van der Waals surface area contributed by atoms with Crippen LogP contribution in [0.4, 0.5) is 16.2 Å². The molecule has 2 fully saturated rings. The van der Waals surface area contributed by atoms with Gasteiger partial charge in [0.2, 0.25) is 11.8 Å². The van der Waals surface area contributed by atoms with Gasteiger partial charge >= 0.3 is 12.1 Å². The molecule has 2 aliphatic carbocycles. The molecular formula is C51H59N5O8. The Balaban J connectivity index is 0.794. The monoisotopic (exact) mass is 869 g/mol. The predicted octanol–water partition coefficient (Wildman–Crippen LogP) is 8.12. The van der Waals surface area contributed by atoms with Crippen molar-refractivity contribution in [2.45, 2.75) is 101 Å². The second-order valence-electron chi connectivity index (χ2n) is 17.0. The fourth-order valence-corrected chi connectivity index (χ4v) is 7.23. The summed E-state index contributed by atoms with van der Waals surface area (Å²) in [7, 11) is 1.34. The molecule has 0 saturated heterocycles. The van der Waals surface area contributed by atoms with Crippen LogP contribution in [0.2, 0.25) is 0 Å². The van der Waals surface area contributed by atoms with Crippen LogP contribution in [-0.4, -0.2) is 61.2 Å². The van der Waals surface area contributed by atoms with Gasteiger partial charge in [0.25, 0.3) is 5.91 Å². The Morgan fingerprint density at radius 2 is 1.19 bits per heavy atom. The van der Waals surface area contributed by atoms with Crippen molar-refractivity contribution >= 4 is 53.3 Å². The molecule has 13 nitrogen and oxygen atoms in total. The second-order valence-corrected chi connectivity index (χ2v) is 17.0. The molecule has 336 valence electrons. The molecule has 13 heteroatoms. The van der Waals surface area contributed by atoms with Gasteiger partial charge in [-0.3, -0.25) is 19.2 Å². The van der Waals surface area contributed by atoms with E-state index in [0.717, 1.165) is 59.2 Å². The van der Waals surface area contributed by atoms with Crippen LogP contribution in [-0.2, 0) is 46.3 Å². The topological polar surface area (TPSA) is 187 Å². The lowest BCUT2D eigenvalue weighted by molar-refractivity contribution is -0.134. The van der Waals surface area contributed by atoms with Crippen molar-refractivity contribution in [2.75, 3.05) is 24.4 Å². The molecule has 0 heterocycles. The molecule has 4 atom stereocenters. The third kappa shape index (κ3) is 15.7. The highest BCUT2D eigenvalue weighted by atomic mass is 16.7. The Hall–Kier alpha value is -6.57. The largest absolute Gasteiger partial charge is 0.466 e. The van der Waals surface area contributed by atoms with Crippen molar-refractivity contribution in [1.82, 2.24) is 10.8 Å². The van der Waals surface area contributed by atoms with E-state index in [0.29, 0.717) is 43.7 Å². The number of anilines is 2. The normalized spacial score (nSPS) is 17.7. The van der Waals surface area contributed by atoms with E-state index in [-0.39, 0.29) is 36.4 Å². The zero-order valence-electron chi connectivity index (χ0n) is 36.8. The summed E-state index contributed by atoms with van der Waals surface area (Å²) in [5.41, 5.74) is 15.2. The molecule has 64 heavy (non-hydrogen) atoms. The average Bonchev–Trinajstić information content (AvgIpc) is 4.21. The molecular weight excluding hydrogens is 811 g/mol. The minimum absolute atomic E-state index is 0.0175. The first-order valence-corrected chi connectivity index (χ1v) is 21.9. The van der Waals surface area contributed by atoms with Gasteiger partial charge < -0.3 is 31.2 Å². The zero-order chi connectivity index (χ0) is 45.5. The van der Waals surface area contributed by atoms with Crippen LogP contribution in [0.3, 0.4) is 0 Å². The van der Waals surface area contributed by atoms with Gasteiger partial charge in [-0.05, 0) is 122 Å². The van der Waals surface area contributed by atoms with Crippen molar-refractivity contribution in [3.05, 3.63) is 143 Å². The average molecular weight is 870 g/mol. The summed E-state index contributed by atoms with van der Waals surface area (Å²) in [5, 5.41) is 8.86. The number of hydroxylamine groups is 1. The van der Waals surface area contributed by atoms with E-state index in [9.17, 15) is 24.0 Å². The number of nitrogens with two attached hydrogens (primary N) is 1. The van der Waals surface area contributed by atoms with E-state index in [4.69, 9.17) is 15.3 Å². The molecule has 0 spiro atoms. The summed E-state index contributed by atoms with van der Waals surface area (Å²) in [6.45, 7) is 3.70. The SMILES string of the molecule is COC(=O)C=Cc1ccc(CCCC(=O)Nc2ccc(C3CC3NC(=O)OC(C)(C)CCONC(=O)C=Cc3ccc(CCCC(=O)Nc4ccc(C5CC5N)cc4)cc3)cc2)cc1. The van der Waals surface area contributed by atoms with E-state index < -0.39 is 23.6 Å². The molecule has 4 amide bonds. The molecule has 0 radical (unpaired) electrons. The van der Waals surface area contributed by atoms with Crippen LogP contribution in [0.15, 0.2) is 109 Å². The fraction of sp³-hybridized carbons (Fsp3) is 0.353. The molecule has 6 N–H and O–H groups in total. The summed E-state index contributed by atoms with van der Waals surface area (Å²) in [4.78, 5) is 66.7. The predicted molar refractivity (Wildman–Crippen MR) is 248 cm³/mol. The van der Waals surface area contributed by atoms with E-state index in [2.05, 4.69) is 26.2 Å². The van der Waals surface area contributed by atoms with Crippen LogP contribution in [0.25, 0.3) is 12.2 Å². The lowest BCUT2D eigenvalue weighted by Crippen LogP contribution is -2.37. The lowest BCUT2D eigenvalue weighted by atomic mass is 10.1. The highest BCUT2D eigenvalue weighted by Gasteiger charge is 2.40. The number of benzene rings is 4. The molecule has 0 aliphatic heterocycles. The first-order valence-electron chi connectivity index (χ1n) is 21.9. The van der Waals surface area contributed by atoms with Gasteiger partial charge in [-0.25, -0.2) is 15.1 Å². The number of alkyl carbamates (subject to hydrolysis) is 1. The third-order valence-electron chi connectivity index (χ3n) is 11.3. The number of nitrogens with one attached hydrogen (secondary N) is 4. The summed E-state index contributed by atoms with van der Waals surface area (Å²) in [5.74, 6) is -0.311. The van der Waals surface area contributed by atoms with Crippen LogP contribution < -0.4 is 27.2 Å². The number of methoxy groups -OCH3 is 1. The Bertz CT molecular complexity index is 2270. The van der Waals surface area contributed by atoms with Crippen LogP contribution >= 0.6 is 0 Å². The Labute approximate surface area is 375 Å². The van der Waals surface area contributed by atoms with Crippen molar-refractivity contribution in [1.29, 1.82) is 0 Å². The van der Waals surface area contributed by atoms with Gasteiger partial charge in [0.1, 0.15) is 5.60 Å². The number of carbonyl (C=O) groups is 5. The number of aryl methyl sites for hydroxylation is 2. The van der Waals surface area contributed by atoms with E-state index in [1.165, 1.54) is 24.8 Å². The number of hydrogen-bond acceptors (Lipinski definition) is 9. The second kappa shape index (κ2) is 22.7. The standard InChI is InChI=1S/C51H59N5O8/c1-51(2,30-31-63-56-48(59)28-18-36-14-10-34(11-15-36)6-4-8-46(57)53-40-24-20-38(21-25-40)42-32-44(42)52)64-50(61)55-45-33-43(45)39-22-26-41(27-23-39)54-47(58)9-5-7-35-12-16-37(17-13-35)19-29-49(60)62-3/h10-29,42-45H,4-9,30-33,52H2,1-3H3,(H,53,57)(H,54,58)(H,55,61)(H,56,59). The van der Waals surface area contributed by atoms with Crippen molar-refractivity contribution in [3.63, 3.8) is 0 Å². The van der Waals surface area contributed by atoms with Crippen LogP contribution in [0.1, 0.15) is 104 Å². The third-order valence-corrected chi connectivity index (χ3v) is 11.3. The van der Waals surface area contributed by atoms with Crippen molar-refractivity contribution in [3.8, 4) is 0 Å². The first-order chi connectivity index (χ1) is 30.8. The molecule has 2 aliphatic rings. The molecule has 2 saturated carbocycles. The number of ether oxygens (including phenoxy) is 2. The van der Waals surface area contributed by atoms with Gasteiger partial charge in [0.05, 0.1) is 13.7 Å². The minimum atomic E-state index is -0.841. The molecule has 4 unspecified atom stereocenters. The summed E-state index contributed by atoms with van der Waals surface area (Å²) in [6.07, 6.45) is 11.5. The lowest BCUT2D eigenvalue weighted by Gasteiger charge is -2.25. The quantitative estimate of drug-likeness (QED) is 0.0225. The smallest absolute Gasteiger partial charge is 0.407 e. The highest BCUT2D eigenvalue weighted by molar-refractivity contribution is 5.92. The van der Waals surface area contributed by atoms with Gasteiger partial charge in [-0.15, -0.1) is 0 Å². The van der Waals surface area contributed by atoms with Crippen LogP contribution in [0, 0.1) is 0 Å². The maximum absolute atomic E-state index is 12.7. The number of amides is 4. The summed E-state index contributed by atoms with van der Waals surface area (Å²) in [6, 6.07) is 31.4. The summed E-state index contributed by atoms with van der Waals surface area (Å²) < 4.78 is 10.3. The van der Waals surface area contributed by atoms with Crippen molar-refractivity contribution in [2.24, 2.45) is 5.73 Å². The number of esters is 1. The molecule has 0 bridgehead atoms. The first kappa shape index (κ1) is 46.9. The van der Waals surface area contributed by atoms with Gasteiger partial charge in [0, 0.05) is 66.7 Å². The van der Waals surface area contributed by atoms with Gasteiger partial charge in [0.15, 0.2) is 0 Å². The van der Waals surface area contributed by atoms with Crippen LogP contribution in [0.5, 0.6) is 0 Å². The van der Waals surface area contributed by atoms with E-state index in [1.807, 2.05) is 97.1 Å². The zero-order valence-corrected chi connectivity index (χ0v) is 36.8. The Morgan fingerprint density at radius 1 is 0.688 bits per heavy atom. The molecule has 0 aromatic heterocycles. The number of carbonyl (C=O) groups excluding carboxylic acids is 5. The molecule has 4 aromatic carbocycles. The Kier molecular flexibility index (Phi) is 16.6. The van der Waals surface area contributed by atoms with Gasteiger partial charge in [-0.2, -0.15) is 0 Å². The maximum atomic E-state index is 12.7.